The molecule has 1 aliphatic carbocycles. The van der Waals surface area contributed by atoms with Crippen LogP contribution in [0.15, 0.2) is 132 Å². The van der Waals surface area contributed by atoms with Gasteiger partial charge < -0.3 is 14.7 Å². The van der Waals surface area contributed by atoms with Gasteiger partial charge in [-0.1, -0.05) is 116 Å². The molecule has 0 aromatic heterocycles. The Hall–Kier alpha value is -5.25. The van der Waals surface area contributed by atoms with E-state index in [1.165, 1.54) is 59.3 Å². The van der Waals surface area contributed by atoms with Crippen molar-refractivity contribution in [1.29, 1.82) is 0 Å². The summed E-state index contributed by atoms with van der Waals surface area (Å²) >= 11 is 0. The topological polar surface area (TPSA) is 104 Å². The molecule has 1 aliphatic rings. The molecule has 0 saturated heterocycles. The number of aromatic hydroxyl groups is 1. The third-order valence-corrected chi connectivity index (χ3v) is 11.3. The predicted octanol–water partition coefficient (Wildman–Crippen LogP) is 8.32. The first-order chi connectivity index (χ1) is 24.7. The second-order valence-electron chi connectivity index (χ2n) is 12.9. The number of benzene rings is 5. The number of ether oxygens (including phenoxy) is 1. The first-order valence-corrected chi connectivity index (χ1v) is 18.7. The van der Waals surface area contributed by atoms with E-state index in [0.717, 1.165) is 35.1 Å². The first-order valence-electron chi connectivity index (χ1n) is 17.2. The zero-order valence-corrected chi connectivity index (χ0v) is 29.5. The smallest absolute Gasteiger partial charge is 0.341 e. The van der Waals surface area contributed by atoms with Crippen LogP contribution in [0.4, 0.5) is 5.69 Å². The Morgan fingerprint density at radius 1 is 0.725 bits per heavy atom. The Labute approximate surface area is 300 Å². The highest BCUT2D eigenvalue weighted by molar-refractivity contribution is 7.89. The van der Waals surface area contributed by atoms with Crippen LogP contribution in [0, 0.1) is 0 Å². The fourth-order valence-electron chi connectivity index (χ4n) is 6.65. The number of anilines is 1. The normalized spacial score (nSPS) is 13.5. The number of amides is 1. The molecule has 5 aromatic carbocycles. The van der Waals surface area contributed by atoms with Crippen molar-refractivity contribution in [3.63, 3.8) is 0 Å². The fraction of sp³-hybridized carbons (Fsp3) is 0.238. The monoisotopic (exact) mass is 702 g/mol. The van der Waals surface area contributed by atoms with Gasteiger partial charge >= 0.3 is 5.97 Å². The number of nitrogens with zero attached hydrogens (tertiary/aromatic N) is 2. The third-order valence-electron chi connectivity index (χ3n) is 9.51. The summed E-state index contributed by atoms with van der Waals surface area (Å²) in [5.74, 6) is -1.04. The zero-order chi connectivity index (χ0) is 35.8. The standard InChI is InChI=1S/C42H42N2O6S/c1-50-42(47)39-27-37(23-26-40(39)45)44(29-32-17-19-35(20-18-32)33-13-7-3-8-14-33)41(46)30-43(28-31-11-5-2-6-12-31)51(48,49)38-24-21-36(22-25-38)34-15-9-4-10-16-34/h2,4-6,9-12,15-27,33,45H,3,7-8,13-14,28-30H2,1H3. The molecule has 0 bridgehead atoms. The maximum atomic E-state index is 14.5. The average molecular weight is 703 g/mol. The summed E-state index contributed by atoms with van der Waals surface area (Å²) in [4.78, 5) is 28.5. The number of methoxy groups -OCH3 is 1. The van der Waals surface area contributed by atoms with E-state index in [1.807, 2.05) is 72.8 Å². The molecule has 0 radical (unpaired) electrons. The van der Waals surface area contributed by atoms with E-state index in [9.17, 15) is 23.1 Å². The summed E-state index contributed by atoms with van der Waals surface area (Å²) in [6.45, 7) is -0.408. The van der Waals surface area contributed by atoms with Crippen LogP contribution in [0.5, 0.6) is 5.75 Å². The van der Waals surface area contributed by atoms with E-state index in [2.05, 4.69) is 12.1 Å². The molecule has 0 atom stereocenters. The molecule has 8 nitrogen and oxygen atoms in total. The van der Waals surface area contributed by atoms with Gasteiger partial charge in [0, 0.05) is 12.2 Å². The highest BCUT2D eigenvalue weighted by atomic mass is 32.2. The van der Waals surface area contributed by atoms with Gasteiger partial charge in [-0.25, -0.2) is 13.2 Å². The van der Waals surface area contributed by atoms with Crippen LogP contribution in [-0.4, -0.2) is 43.4 Å². The third kappa shape index (κ3) is 8.56. The molecule has 0 spiro atoms. The van der Waals surface area contributed by atoms with Crippen LogP contribution in [-0.2, 0) is 32.6 Å². The van der Waals surface area contributed by atoms with E-state index in [-0.39, 0.29) is 29.3 Å². The van der Waals surface area contributed by atoms with Crippen molar-refractivity contribution in [2.24, 2.45) is 0 Å². The largest absolute Gasteiger partial charge is 0.507 e. The molecule has 1 amide bonds. The molecule has 1 N–H and O–H groups in total. The van der Waals surface area contributed by atoms with Gasteiger partial charge in [0.05, 0.1) is 25.1 Å². The lowest BCUT2D eigenvalue weighted by molar-refractivity contribution is -0.119. The van der Waals surface area contributed by atoms with Crippen LogP contribution in [0.1, 0.15) is 65.1 Å². The minimum atomic E-state index is -4.16. The lowest BCUT2D eigenvalue weighted by Crippen LogP contribution is -2.42. The second kappa shape index (κ2) is 16.2. The second-order valence-corrected chi connectivity index (χ2v) is 14.8. The van der Waals surface area contributed by atoms with Crippen LogP contribution in [0.3, 0.4) is 0 Å². The van der Waals surface area contributed by atoms with Crippen LogP contribution in [0.2, 0.25) is 0 Å². The van der Waals surface area contributed by atoms with E-state index < -0.39 is 28.4 Å². The molecule has 6 rings (SSSR count). The number of phenols is 1. The number of hydrogen-bond acceptors (Lipinski definition) is 6. The molecule has 1 saturated carbocycles. The minimum absolute atomic E-state index is 0.0394. The Morgan fingerprint density at radius 2 is 1.33 bits per heavy atom. The van der Waals surface area contributed by atoms with Gasteiger partial charge in [-0.05, 0) is 76.9 Å². The number of hydrogen-bond donors (Lipinski definition) is 1. The number of esters is 1. The number of sulfonamides is 1. The summed E-state index contributed by atoms with van der Waals surface area (Å²) in [5, 5.41) is 10.4. The molecule has 262 valence electrons. The number of rotatable bonds is 12. The van der Waals surface area contributed by atoms with Crippen molar-refractivity contribution in [1.82, 2.24) is 4.31 Å². The van der Waals surface area contributed by atoms with Crippen molar-refractivity contribution in [3.8, 4) is 16.9 Å². The van der Waals surface area contributed by atoms with Crippen molar-refractivity contribution >= 4 is 27.6 Å². The van der Waals surface area contributed by atoms with Crippen molar-refractivity contribution in [2.75, 3.05) is 18.6 Å². The van der Waals surface area contributed by atoms with Crippen LogP contribution >= 0.6 is 0 Å². The average Bonchev–Trinajstić information content (AvgIpc) is 3.18. The van der Waals surface area contributed by atoms with Crippen LogP contribution in [0.25, 0.3) is 11.1 Å². The van der Waals surface area contributed by atoms with Crippen molar-refractivity contribution in [3.05, 3.63) is 150 Å². The van der Waals surface area contributed by atoms with Gasteiger partial charge in [-0.2, -0.15) is 4.31 Å². The van der Waals surface area contributed by atoms with Crippen molar-refractivity contribution in [2.45, 2.75) is 56.0 Å². The fourth-order valence-corrected chi connectivity index (χ4v) is 8.03. The molecule has 51 heavy (non-hydrogen) atoms. The van der Waals surface area contributed by atoms with Gasteiger partial charge in [-0.3, -0.25) is 4.79 Å². The molecule has 0 aliphatic heterocycles. The van der Waals surface area contributed by atoms with E-state index in [1.54, 1.807) is 24.3 Å². The van der Waals surface area contributed by atoms with Crippen molar-refractivity contribution < 1.29 is 27.9 Å². The number of carbonyl (C=O) groups excluding carboxylic acids is 2. The van der Waals surface area contributed by atoms with E-state index in [4.69, 9.17) is 4.74 Å². The predicted molar refractivity (Wildman–Crippen MR) is 199 cm³/mol. The Kier molecular flexibility index (Phi) is 11.3. The van der Waals surface area contributed by atoms with E-state index in [0.29, 0.717) is 11.6 Å². The lowest BCUT2D eigenvalue weighted by atomic mass is 9.84. The lowest BCUT2D eigenvalue weighted by Gasteiger charge is -2.28. The number of carbonyl (C=O) groups is 2. The number of phenolic OH excluding ortho intramolecular Hbond substituents is 1. The molecular formula is C42H42N2O6S. The summed E-state index contributed by atoms with van der Waals surface area (Å²) in [6, 6.07) is 37.9. The molecule has 9 heteroatoms. The molecular weight excluding hydrogens is 661 g/mol. The summed E-state index contributed by atoms with van der Waals surface area (Å²) in [6.07, 6.45) is 6.03. The first kappa shape index (κ1) is 35.6. The molecule has 5 aromatic rings. The van der Waals surface area contributed by atoms with Gasteiger partial charge in [0.1, 0.15) is 11.3 Å². The Balaban J connectivity index is 1.34. The highest BCUT2D eigenvalue weighted by Gasteiger charge is 2.30. The highest BCUT2D eigenvalue weighted by Crippen LogP contribution is 2.33. The van der Waals surface area contributed by atoms with Gasteiger partial charge in [0.2, 0.25) is 15.9 Å². The zero-order valence-electron chi connectivity index (χ0n) is 28.6. The summed E-state index contributed by atoms with van der Waals surface area (Å²) in [5.41, 5.74) is 4.87. The molecule has 1 fully saturated rings. The quantitative estimate of drug-likeness (QED) is 0.131. The van der Waals surface area contributed by atoms with Gasteiger partial charge in [-0.15, -0.1) is 0 Å². The molecule has 0 heterocycles. The van der Waals surface area contributed by atoms with E-state index >= 15 is 0 Å². The maximum absolute atomic E-state index is 14.5. The van der Waals surface area contributed by atoms with Gasteiger partial charge in [0.15, 0.2) is 0 Å². The maximum Gasteiger partial charge on any atom is 0.341 e. The van der Waals surface area contributed by atoms with Gasteiger partial charge in [0.25, 0.3) is 0 Å². The van der Waals surface area contributed by atoms with Crippen LogP contribution < -0.4 is 4.90 Å². The SMILES string of the molecule is COC(=O)c1cc(N(Cc2ccc(C3CCCCC3)cc2)C(=O)CN(Cc2ccccc2)S(=O)(=O)c2ccc(-c3ccccc3)cc2)ccc1O. The Morgan fingerprint density at radius 3 is 1.98 bits per heavy atom. The summed E-state index contributed by atoms with van der Waals surface area (Å²) < 4.78 is 34.7. The summed E-state index contributed by atoms with van der Waals surface area (Å²) in [7, 11) is -2.95. The Bertz CT molecular complexity index is 2050. The molecule has 0 unspecified atom stereocenters. The minimum Gasteiger partial charge on any atom is -0.507 e.